The molecule has 0 aromatic heterocycles. The molecular formula is C14H13F2NO3S. The Hall–Kier alpha value is -1.99. The second kappa shape index (κ2) is 5.79. The van der Waals surface area contributed by atoms with Crippen LogP contribution in [0.5, 0.6) is 0 Å². The lowest BCUT2D eigenvalue weighted by molar-refractivity contribution is 0.280. The van der Waals surface area contributed by atoms with Gasteiger partial charge in [-0.2, -0.15) is 0 Å². The van der Waals surface area contributed by atoms with Crippen LogP contribution in [0.2, 0.25) is 0 Å². The number of aryl methyl sites for hydroxylation is 1. The lowest BCUT2D eigenvalue weighted by atomic mass is 10.2. The van der Waals surface area contributed by atoms with E-state index < -0.39 is 33.2 Å². The van der Waals surface area contributed by atoms with Crippen LogP contribution in [0.3, 0.4) is 0 Å². The first kappa shape index (κ1) is 15.4. The number of nitrogens with one attached hydrogen (secondary N) is 1. The highest BCUT2D eigenvalue weighted by Gasteiger charge is 2.23. The van der Waals surface area contributed by atoms with Crippen molar-refractivity contribution >= 4 is 15.7 Å². The molecule has 0 radical (unpaired) electrons. The molecule has 2 aromatic rings. The highest BCUT2D eigenvalue weighted by atomic mass is 32.2. The van der Waals surface area contributed by atoms with Crippen LogP contribution in [0.1, 0.15) is 11.1 Å². The van der Waals surface area contributed by atoms with Crippen molar-refractivity contribution in [3.05, 3.63) is 59.2 Å². The summed E-state index contributed by atoms with van der Waals surface area (Å²) in [6, 6.07) is 8.03. The lowest BCUT2D eigenvalue weighted by Crippen LogP contribution is -2.16. The van der Waals surface area contributed by atoms with E-state index >= 15 is 0 Å². The third-order valence-corrected chi connectivity index (χ3v) is 4.21. The molecule has 2 N–H and O–H groups in total. The molecule has 0 saturated carbocycles. The molecule has 4 nitrogen and oxygen atoms in total. The number of hydrogen-bond donors (Lipinski definition) is 2. The second-order valence-corrected chi connectivity index (χ2v) is 6.17. The molecule has 0 aliphatic carbocycles. The molecule has 0 amide bonds. The monoisotopic (exact) mass is 313 g/mol. The van der Waals surface area contributed by atoms with E-state index in [1.54, 1.807) is 12.1 Å². The van der Waals surface area contributed by atoms with Gasteiger partial charge in [0.25, 0.3) is 10.0 Å². The molecule has 0 atom stereocenters. The average molecular weight is 313 g/mol. The normalized spacial score (nSPS) is 11.4. The van der Waals surface area contributed by atoms with Gasteiger partial charge in [0, 0.05) is 5.69 Å². The summed E-state index contributed by atoms with van der Waals surface area (Å²) in [5.74, 6) is -2.81. The van der Waals surface area contributed by atoms with E-state index in [0.717, 1.165) is 17.7 Å². The number of sulfonamides is 1. The molecule has 0 saturated heterocycles. The minimum Gasteiger partial charge on any atom is -0.392 e. The summed E-state index contributed by atoms with van der Waals surface area (Å²) in [5.41, 5.74) is 1.13. The van der Waals surface area contributed by atoms with E-state index in [9.17, 15) is 17.2 Å². The fraction of sp³-hybridized carbons (Fsp3) is 0.143. The van der Waals surface area contributed by atoms with Crippen molar-refractivity contribution in [3.63, 3.8) is 0 Å². The first-order valence-electron chi connectivity index (χ1n) is 6.02. The standard InChI is InChI=1S/C14H13F2NO3S/c1-9-2-4-11(5-3-9)17-21(19,20)13-7-10(8-18)6-12(15)14(13)16/h2-7,17-18H,8H2,1H3. The van der Waals surface area contributed by atoms with E-state index in [1.165, 1.54) is 12.1 Å². The van der Waals surface area contributed by atoms with E-state index in [1.807, 2.05) is 6.92 Å². The zero-order valence-corrected chi connectivity index (χ0v) is 11.9. The lowest BCUT2D eigenvalue weighted by Gasteiger charge is -2.10. The van der Waals surface area contributed by atoms with Gasteiger partial charge in [-0.1, -0.05) is 17.7 Å². The van der Waals surface area contributed by atoms with Crippen LogP contribution < -0.4 is 4.72 Å². The fourth-order valence-corrected chi connectivity index (χ4v) is 2.93. The van der Waals surface area contributed by atoms with Gasteiger partial charge >= 0.3 is 0 Å². The summed E-state index contributed by atoms with van der Waals surface area (Å²) in [7, 11) is -4.29. The Bertz CT molecular complexity index is 759. The Kier molecular flexibility index (Phi) is 4.24. The summed E-state index contributed by atoms with van der Waals surface area (Å²) in [4.78, 5) is -0.841. The summed E-state index contributed by atoms with van der Waals surface area (Å²) in [5, 5.41) is 8.96. The van der Waals surface area contributed by atoms with Gasteiger partial charge in [0.15, 0.2) is 11.6 Å². The summed E-state index contributed by atoms with van der Waals surface area (Å²) < 4.78 is 53.5. The number of aliphatic hydroxyl groups is 1. The fourth-order valence-electron chi connectivity index (χ4n) is 1.74. The van der Waals surface area contributed by atoms with Gasteiger partial charge in [0.2, 0.25) is 0 Å². The van der Waals surface area contributed by atoms with Crippen LogP contribution >= 0.6 is 0 Å². The van der Waals surface area contributed by atoms with Gasteiger partial charge in [-0.25, -0.2) is 17.2 Å². The number of halogens is 2. The third-order valence-electron chi connectivity index (χ3n) is 2.83. The molecule has 0 bridgehead atoms. The van der Waals surface area contributed by atoms with Gasteiger partial charge < -0.3 is 5.11 Å². The number of hydrogen-bond acceptors (Lipinski definition) is 3. The topological polar surface area (TPSA) is 66.4 Å². The van der Waals surface area contributed by atoms with Crippen molar-refractivity contribution in [2.24, 2.45) is 0 Å². The van der Waals surface area contributed by atoms with Crippen LogP contribution in [0.15, 0.2) is 41.3 Å². The molecule has 0 heterocycles. The van der Waals surface area contributed by atoms with Crippen molar-refractivity contribution in [2.75, 3.05) is 4.72 Å². The largest absolute Gasteiger partial charge is 0.392 e. The molecule has 0 aliphatic heterocycles. The molecule has 2 rings (SSSR count). The predicted octanol–water partition coefficient (Wildman–Crippen LogP) is 2.57. The zero-order chi connectivity index (χ0) is 15.6. The molecule has 0 fully saturated rings. The zero-order valence-electron chi connectivity index (χ0n) is 11.1. The van der Waals surface area contributed by atoms with E-state index in [0.29, 0.717) is 0 Å². The van der Waals surface area contributed by atoms with E-state index in [2.05, 4.69) is 4.72 Å². The van der Waals surface area contributed by atoms with Crippen LogP contribution in [-0.2, 0) is 16.6 Å². The quantitative estimate of drug-likeness (QED) is 0.911. The smallest absolute Gasteiger partial charge is 0.264 e. The summed E-state index contributed by atoms with van der Waals surface area (Å²) in [6.45, 7) is 1.24. The first-order valence-corrected chi connectivity index (χ1v) is 7.50. The Morgan fingerprint density at radius 3 is 2.33 bits per heavy atom. The highest BCUT2D eigenvalue weighted by molar-refractivity contribution is 7.92. The van der Waals surface area contributed by atoms with Gasteiger partial charge in [0.05, 0.1) is 6.61 Å². The molecule has 0 spiro atoms. The Balaban J connectivity index is 2.44. The SMILES string of the molecule is Cc1ccc(NS(=O)(=O)c2cc(CO)cc(F)c2F)cc1. The molecule has 0 unspecified atom stereocenters. The average Bonchev–Trinajstić information content (AvgIpc) is 2.43. The van der Waals surface area contributed by atoms with Crippen LogP contribution in [0.25, 0.3) is 0 Å². The second-order valence-electron chi connectivity index (χ2n) is 4.52. The van der Waals surface area contributed by atoms with Crippen molar-refractivity contribution in [1.82, 2.24) is 0 Å². The van der Waals surface area contributed by atoms with E-state index in [-0.39, 0.29) is 11.3 Å². The summed E-state index contributed by atoms with van der Waals surface area (Å²) >= 11 is 0. The summed E-state index contributed by atoms with van der Waals surface area (Å²) in [6.07, 6.45) is 0. The van der Waals surface area contributed by atoms with Crippen molar-refractivity contribution in [2.45, 2.75) is 18.4 Å². The van der Waals surface area contributed by atoms with Gasteiger partial charge in [0.1, 0.15) is 4.90 Å². The van der Waals surface area contributed by atoms with Crippen molar-refractivity contribution < 1.29 is 22.3 Å². The Morgan fingerprint density at radius 2 is 1.76 bits per heavy atom. The number of aliphatic hydroxyl groups excluding tert-OH is 1. The van der Waals surface area contributed by atoms with Crippen LogP contribution in [0.4, 0.5) is 14.5 Å². The number of anilines is 1. The molecule has 112 valence electrons. The molecular weight excluding hydrogens is 300 g/mol. The molecule has 0 aliphatic rings. The molecule has 7 heteroatoms. The van der Waals surface area contributed by atoms with Gasteiger partial charge in [-0.05, 0) is 36.8 Å². The van der Waals surface area contributed by atoms with E-state index in [4.69, 9.17) is 5.11 Å². The van der Waals surface area contributed by atoms with Crippen molar-refractivity contribution in [1.29, 1.82) is 0 Å². The van der Waals surface area contributed by atoms with Crippen molar-refractivity contribution in [3.8, 4) is 0 Å². The highest BCUT2D eigenvalue weighted by Crippen LogP contribution is 2.23. The minimum atomic E-state index is -4.29. The number of benzene rings is 2. The first-order chi connectivity index (χ1) is 9.83. The maximum Gasteiger partial charge on any atom is 0.264 e. The maximum absolute atomic E-state index is 13.7. The van der Waals surface area contributed by atoms with Crippen LogP contribution in [-0.4, -0.2) is 13.5 Å². The Labute approximate surface area is 121 Å². The number of rotatable bonds is 4. The Morgan fingerprint density at radius 1 is 1.14 bits per heavy atom. The third kappa shape index (κ3) is 3.37. The predicted molar refractivity (Wildman–Crippen MR) is 74.3 cm³/mol. The van der Waals surface area contributed by atoms with Crippen LogP contribution in [0, 0.1) is 18.6 Å². The van der Waals surface area contributed by atoms with Gasteiger partial charge in [-0.15, -0.1) is 0 Å². The molecule has 21 heavy (non-hydrogen) atoms. The minimum absolute atomic E-state index is 0.0295. The maximum atomic E-state index is 13.7. The molecule has 2 aromatic carbocycles. The van der Waals surface area contributed by atoms with Gasteiger partial charge in [-0.3, -0.25) is 4.72 Å².